The highest BCUT2D eigenvalue weighted by Crippen LogP contribution is 2.31. The third-order valence-corrected chi connectivity index (χ3v) is 2.79. The van der Waals surface area contributed by atoms with Crippen LogP contribution in [0, 0.1) is 0 Å². The zero-order chi connectivity index (χ0) is 15.6. The van der Waals surface area contributed by atoms with Crippen molar-refractivity contribution < 1.29 is 22.7 Å². The highest BCUT2D eigenvalue weighted by atomic mass is 19.4. The van der Waals surface area contributed by atoms with Gasteiger partial charge in [0.05, 0.1) is 18.4 Å². The maximum Gasteiger partial charge on any atom is 0.435 e. The van der Waals surface area contributed by atoms with Crippen LogP contribution in [0.2, 0.25) is 0 Å². The molecule has 1 aromatic carbocycles. The molecule has 0 unspecified atom stereocenters. The predicted molar refractivity (Wildman–Crippen MR) is 69.5 cm³/mol. The van der Waals surface area contributed by atoms with Gasteiger partial charge in [0, 0.05) is 13.1 Å². The number of hydrogen-bond acceptors (Lipinski definition) is 4. The zero-order valence-electron chi connectivity index (χ0n) is 11.2. The van der Waals surface area contributed by atoms with Gasteiger partial charge in [-0.3, -0.25) is 0 Å². The van der Waals surface area contributed by atoms with E-state index in [1.165, 1.54) is 38.4 Å². The molecule has 1 N–H and O–H groups in total. The summed E-state index contributed by atoms with van der Waals surface area (Å²) < 4.78 is 43.7. The van der Waals surface area contributed by atoms with Crippen LogP contribution in [0.5, 0.6) is 0 Å². The fraction of sp³-hybridized carbons (Fsp3) is 0.231. The summed E-state index contributed by atoms with van der Waals surface area (Å²) in [5, 5.41) is 6.17. The molecule has 0 spiro atoms. The molecule has 0 saturated heterocycles. The number of nitrogens with zero attached hydrogens (tertiary/aromatic N) is 2. The van der Waals surface area contributed by atoms with Crippen molar-refractivity contribution in [3.05, 3.63) is 41.6 Å². The number of carbonyl (C=O) groups is 1. The lowest BCUT2D eigenvalue weighted by molar-refractivity contribution is -0.141. The van der Waals surface area contributed by atoms with Crippen LogP contribution in [-0.2, 0) is 10.9 Å². The second-order valence-electron chi connectivity index (χ2n) is 4.11. The third kappa shape index (κ3) is 2.99. The molecule has 112 valence electrons. The van der Waals surface area contributed by atoms with E-state index in [0.717, 1.165) is 10.7 Å². The van der Waals surface area contributed by atoms with Crippen LogP contribution in [0.25, 0.3) is 5.69 Å². The molecule has 2 aromatic rings. The lowest BCUT2D eigenvalue weighted by atomic mass is 10.2. The van der Waals surface area contributed by atoms with Gasteiger partial charge in [0.25, 0.3) is 0 Å². The predicted octanol–water partition coefficient (Wildman–Crippen LogP) is 2.72. The molecule has 0 radical (unpaired) electrons. The van der Waals surface area contributed by atoms with Gasteiger partial charge < -0.3 is 10.1 Å². The van der Waals surface area contributed by atoms with Crippen LogP contribution in [0.4, 0.5) is 19.0 Å². The molecular formula is C13H12F3N3O2. The average molecular weight is 299 g/mol. The summed E-state index contributed by atoms with van der Waals surface area (Å²) in [7, 11) is 2.74. The Balaban J connectivity index is 2.42. The van der Waals surface area contributed by atoms with E-state index >= 15 is 0 Å². The van der Waals surface area contributed by atoms with Crippen molar-refractivity contribution in [2.24, 2.45) is 0 Å². The topological polar surface area (TPSA) is 56.2 Å². The minimum Gasteiger partial charge on any atom is -0.465 e. The number of hydrogen-bond donors (Lipinski definition) is 1. The molecule has 0 bridgehead atoms. The van der Waals surface area contributed by atoms with Gasteiger partial charge in [0.1, 0.15) is 5.82 Å². The maximum absolute atomic E-state index is 12.7. The Hall–Kier alpha value is -2.51. The van der Waals surface area contributed by atoms with Gasteiger partial charge in [-0.1, -0.05) is 0 Å². The summed E-state index contributed by atoms with van der Waals surface area (Å²) in [6.07, 6.45) is -4.52. The van der Waals surface area contributed by atoms with Gasteiger partial charge in [0.15, 0.2) is 5.69 Å². The second kappa shape index (κ2) is 5.47. The largest absolute Gasteiger partial charge is 0.465 e. The van der Waals surface area contributed by atoms with Gasteiger partial charge in [-0.15, -0.1) is 0 Å². The van der Waals surface area contributed by atoms with Crippen molar-refractivity contribution in [1.82, 2.24) is 9.78 Å². The number of esters is 1. The Bertz CT molecular complexity index is 648. The average Bonchev–Trinajstić information content (AvgIpc) is 2.91. The Morgan fingerprint density at radius 3 is 2.38 bits per heavy atom. The number of nitrogens with one attached hydrogen (secondary N) is 1. The standard InChI is InChI=1S/C13H12F3N3O2/c1-17-11-7-10(13(14,15)16)18-19(11)9-5-3-8(4-6-9)12(20)21-2/h3-7,17H,1-2H3. The summed E-state index contributed by atoms with van der Waals surface area (Å²) in [5.74, 6) is -0.333. The van der Waals surface area contributed by atoms with Gasteiger partial charge in [-0.25, -0.2) is 9.48 Å². The Kier molecular flexibility index (Phi) is 3.88. The third-order valence-electron chi connectivity index (χ3n) is 2.79. The molecule has 8 heteroatoms. The lowest BCUT2D eigenvalue weighted by Crippen LogP contribution is -2.08. The number of rotatable bonds is 3. The molecule has 0 saturated carbocycles. The van der Waals surface area contributed by atoms with E-state index in [1.807, 2.05) is 0 Å². The fourth-order valence-corrected chi connectivity index (χ4v) is 1.75. The number of aromatic nitrogens is 2. The highest BCUT2D eigenvalue weighted by Gasteiger charge is 2.35. The lowest BCUT2D eigenvalue weighted by Gasteiger charge is -2.07. The minimum absolute atomic E-state index is 0.188. The van der Waals surface area contributed by atoms with Crippen LogP contribution in [0.1, 0.15) is 16.1 Å². The minimum atomic E-state index is -4.52. The molecule has 1 heterocycles. The summed E-state index contributed by atoms with van der Waals surface area (Å²) >= 11 is 0. The SMILES string of the molecule is CNc1cc(C(F)(F)F)nn1-c1ccc(C(=O)OC)cc1. The summed E-state index contributed by atoms with van der Waals surface area (Å²) in [5.41, 5.74) is -0.304. The van der Waals surface area contributed by atoms with Crippen LogP contribution in [0.15, 0.2) is 30.3 Å². The number of benzene rings is 1. The van der Waals surface area contributed by atoms with Gasteiger partial charge in [-0.2, -0.15) is 18.3 Å². The van der Waals surface area contributed by atoms with Gasteiger partial charge in [0.2, 0.25) is 0 Å². The monoisotopic (exact) mass is 299 g/mol. The molecule has 1 aromatic heterocycles. The quantitative estimate of drug-likeness (QED) is 0.885. The first-order valence-electron chi connectivity index (χ1n) is 5.90. The zero-order valence-corrected chi connectivity index (χ0v) is 11.2. The Morgan fingerprint density at radius 2 is 1.90 bits per heavy atom. The Labute approximate surface area is 118 Å². The van der Waals surface area contributed by atoms with Crippen molar-refractivity contribution >= 4 is 11.8 Å². The number of methoxy groups -OCH3 is 1. The smallest absolute Gasteiger partial charge is 0.435 e. The second-order valence-corrected chi connectivity index (χ2v) is 4.11. The van der Waals surface area contributed by atoms with E-state index in [-0.39, 0.29) is 5.82 Å². The van der Waals surface area contributed by atoms with Crippen LogP contribution in [0.3, 0.4) is 0 Å². The van der Waals surface area contributed by atoms with Crippen molar-refractivity contribution in [3.63, 3.8) is 0 Å². The molecule has 21 heavy (non-hydrogen) atoms. The molecular weight excluding hydrogens is 287 g/mol. The first-order valence-corrected chi connectivity index (χ1v) is 5.90. The molecule has 0 atom stereocenters. The van der Waals surface area contributed by atoms with Gasteiger partial charge in [-0.05, 0) is 24.3 Å². The molecule has 0 aliphatic rings. The van der Waals surface area contributed by atoms with Crippen LogP contribution in [-0.4, -0.2) is 29.9 Å². The van der Waals surface area contributed by atoms with Gasteiger partial charge >= 0.3 is 12.1 Å². The normalized spacial score (nSPS) is 11.3. The number of alkyl halides is 3. The van der Waals surface area contributed by atoms with Crippen molar-refractivity contribution in [1.29, 1.82) is 0 Å². The maximum atomic E-state index is 12.7. The van der Waals surface area contributed by atoms with Crippen LogP contribution < -0.4 is 5.32 Å². The Morgan fingerprint density at radius 1 is 1.29 bits per heavy atom. The number of carbonyl (C=O) groups excluding carboxylic acids is 1. The molecule has 0 fully saturated rings. The van der Waals surface area contributed by atoms with Crippen molar-refractivity contribution in [3.8, 4) is 5.69 Å². The van der Waals surface area contributed by atoms with E-state index in [1.54, 1.807) is 0 Å². The molecule has 0 aliphatic heterocycles. The summed E-state index contributed by atoms with van der Waals surface area (Å²) in [6, 6.07) is 6.79. The number of ether oxygens (including phenoxy) is 1. The molecule has 0 aliphatic carbocycles. The summed E-state index contributed by atoms with van der Waals surface area (Å²) in [6.45, 7) is 0. The van der Waals surface area contributed by atoms with E-state index in [2.05, 4.69) is 15.2 Å². The molecule has 2 rings (SSSR count). The van der Waals surface area contributed by atoms with E-state index in [9.17, 15) is 18.0 Å². The first kappa shape index (κ1) is 14.9. The number of anilines is 1. The summed E-state index contributed by atoms with van der Waals surface area (Å²) in [4.78, 5) is 11.3. The van der Waals surface area contributed by atoms with E-state index < -0.39 is 17.8 Å². The van der Waals surface area contributed by atoms with Crippen LogP contribution >= 0.6 is 0 Å². The van der Waals surface area contributed by atoms with E-state index in [4.69, 9.17) is 0 Å². The van der Waals surface area contributed by atoms with Crippen molar-refractivity contribution in [2.75, 3.05) is 19.5 Å². The molecule has 0 amide bonds. The highest BCUT2D eigenvalue weighted by molar-refractivity contribution is 5.89. The molecule has 5 nitrogen and oxygen atoms in total. The fourth-order valence-electron chi connectivity index (χ4n) is 1.75. The number of halogens is 3. The van der Waals surface area contributed by atoms with E-state index in [0.29, 0.717) is 11.3 Å². The first-order chi connectivity index (χ1) is 9.86. The van der Waals surface area contributed by atoms with Crippen molar-refractivity contribution in [2.45, 2.75) is 6.18 Å².